The highest BCUT2D eigenvalue weighted by Crippen LogP contribution is 2.30. The molecule has 0 unspecified atom stereocenters. The quantitative estimate of drug-likeness (QED) is 0.598. The van der Waals surface area contributed by atoms with Crippen LogP contribution in [0.2, 0.25) is 0 Å². The predicted octanol–water partition coefficient (Wildman–Crippen LogP) is 5.43. The van der Waals surface area contributed by atoms with E-state index < -0.39 is 11.6 Å². The second kappa shape index (κ2) is 7.55. The number of hydrogen-bond acceptors (Lipinski definition) is 4. The van der Waals surface area contributed by atoms with E-state index in [2.05, 4.69) is 4.98 Å². The first kappa shape index (κ1) is 17.8. The van der Waals surface area contributed by atoms with Gasteiger partial charge >= 0.3 is 0 Å². The van der Waals surface area contributed by atoms with E-state index in [1.807, 2.05) is 25.1 Å². The molecular formula is C21H21F2NO3. The van der Waals surface area contributed by atoms with Crippen LogP contribution in [-0.4, -0.2) is 17.7 Å². The van der Waals surface area contributed by atoms with Crippen molar-refractivity contribution in [2.45, 2.75) is 38.7 Å². The molecule has 0 atom stereocenters. The van der Waals surface area contributed by atoms with E-state index in [4.69, 9.17) is 13.9 Å². The summed E-state index contributed by atoms with van der Waals surface area (Å²) in [5.74, 6) is 0.0608. The second-order valence-electron chi connectivity index (χ2n) is 6.98. The number of aryl methyl sites for hydroxylation is 1. The lowest BCUT2D eigenvalue weighted by Crippen LogP contribution is -2.27. The Labute approximate surface area is 156 Å². The van der Waals surface area contributed by atoms with Crippen LogP contribution in [0.25, 0.3) is 11.1 Å². The summed E-state index contributed by atoms with van der Waals surface area (Å²) >= 11 is 0. The summed E-state index contributed by atoms with van der Waals surface area (Å²) in [6.45, 7) is 2.13. The average molecular weight is 373 g/mol. The molecule has 6 heteroatoms. The van der Waals surface area contributed by atoms with Crippen molar-refractivity contribution in [1.29, 1.82) is 0 Å². The van der Waals surface area contributed by atoms with Crippen molar-refractivity contribution >= 4 is 11.1 Å². The Morgan fingerprint density at radius 2 is 1.81 bits per heavy atom. The Morgan fingerprint density at radius 3 is 2.56 bits per heavy atom. The molecule has 1 fully saturated rings. The third-order valence-electron chi connectivity index (χ3n) is 4.95. The fourth-order valence-electron chi connectivity index (χ4n) is 3.52. The van der Waals surface area contributed by atoms with E-state index in [-0.39, 0.29) is 17.8 Å². The van der Waals surface area contributed by atoms with Crippen LogP contribution in [0.3, 0.4) is 0 Å². The molecule has 0 N–H and O–H groups in total. The van der Waals surface area contributed by atoms with Gasteiger partial charge < -0.3 is 13.9 Å². The summed E-state index contributed by atoms with van der Waals surface area (Å²) in [7, 11) is 0. The second-order valence-corrected chi connectivity index (χ2v) is 6.98. The van der Waals surface area contributed by atoms with Crippen LogP contribution in [0.5, 0.6) is 11.5 Å². The lowest BCUT2D eigenvalue weighted by Gasteiger charge is -2.29. The highest BCUT2D eigenvalue weighted by Gasteiger charge is 2.24. The van der Waals surface area contributed by atoms with Gasteiger partial charge in [0.05, 0.1) is 12.7 Å². The maximum atomic E-state index is 13.6. The normalized spacial score (nSPS) is 20.0. The van der Waals surface area contributed by atoms with Gasteiger partial charge in [0, 0.05) is 13.0 Å². The molecule has 1 saturated carbocycles. The molecule has 3 aromatic rings. The molecule has 0 radical (unpaired) electrons. The van der Waals surface area contributed by atoms with Gasteiger partial charge in [0.1, 0.15) is 11.3 Å². The van der Waals surface area contributed by atoms with Gasteiger partial charge in [0.25, 0.3) is 0 Å². The van der Waals surface area contributed by atoms with Gasteiger partial charge in [-0.05, 0) is 55.9 Å². The number of halogens is 2. The predicted molar refractivity (Wildman–Crippen MR) is 97.0 cm³/mol. The largest absolute Gasteiger partial charge is 0.490 e. The summed E-state index contributed by atoms with van der Waals surface area (Å²) < 4.78 is 44.3. The molecule has 27 heavy (non-hydrogen) atoms. The molecule has 0 spiro atoms. The van der Waals surface area contributed by atoms with E-state index >= 15 is 0 Å². The Kier molecular flexibility index (Phi) is 4.97. The van der Waals surface area contributed by atoms with Crippen LogP contribution in [0.15, 0.2) is 40.8 Å². The Balaban J connectivity index is 1.29. The standard InChI is InChI=1S/C21H21F2NO3/c1-13-24-19-10-9-16(11-20(19)26-13)27-15-7-5-14(6-8-15)12-25-21-17(22)3-2-4-18(21)23/h2-4,9-11,14-15H,5-8,12H2,1H3. The molecule has 1 aliphatic rings. The monoisotopic (exact) mass is 373 g/mol. The van der Waals surface area contributed by atoms with E-state index in [0.29, 0.717) is 12.5 Å². The van der Waals surface area contributed by atoms with Gasteiger partial charge in [-0.1, -0.05) is 6.07 Å². The first-order valence-corrected chi connectivity index (χ1v) is 9.19. The molecule has 1 aliphatic carbocycles. The molecule has 0 amide bonds. The fraction of sp³-hybridized carbons (Fsp3) is 0.381. The van der Waals surface area contributed by atoms with Crippen molar-refractivity contribution in [2.24, 2.45) is 5.92 Å². The number of oxazole rings is 1. The van der Waals surface area contributed by atoms with Gasteiger partial charge in [0.2, 0.25) is 0 Å². The van der Waals surface area contributed by atoms with Crippen LogP contribution < -0.4 is 9.47 Å². The first-order valence-electron chi connectivity index (χ1n) is 9.19. The van der Waals surface area contributed by atoms with Crippen LogP contribution >= 0.6 is 0 Å². The number of para-hydroxylation sites is 1. The van der Waals surface area contributed by atoms with Crippen molar-refractivity contribution in [3.8, 4) is 11.5 Å². The smallest absolute Gasteiger partial charge is 0.192 e. The molecule has 0 saturated heterocycles. The minimum atomic E-state index is -0.662. The number of fused-ring (bicyclic) bond motifs is 1. The third-order valence-corrected chi connectivity index (χ3v) is 4.95. The molecule has 0 aliphatic heterocycles. The summed E-state index contributed by atoms with van der Waals surface area (Å²) in [6, 6.07) is 9.40. The van der Waals surface area contributed by atoms with Crippen molar-refractivity contribution in [1.82, 2.24) is 4.98 Å². The van der Waals surface area contributed by atoms with Gasteiger partial charge in [0.15, 0.2) is 28.9 Å². The maximum absolute atomic E-state index is 13.6. The van der Waals surface area contributed by atoms with Crippen LogP contribution in [0.4, 0.5) is 8.78 Å². The summed E-state index contributed by atoms with van der Waals surface area (Å²) in [5.41, 5.74) is 1.54. The Hall–Kier alpha value is -2.63. The Morgan fingerprint density at radius 1 is 1.07 bits per heavy atom. The zero-order valence-corrected chi connectivity index (χ0v) is 15.1. The fourth-order valence-corrected chi connectivity index (χ4v) is 3.52. The maximum Gasteiger partial charge on any atom is 0.192 e. The van der Waals surface area contributed by atoms with Crippen LogP contribution in [0.1, 0.15) is 31.6 Å². The number of rotatable bonds is 5. The molecule has 4 rings (SSSR count). The number of nitrogens with zero attached hydrogens (tertiary/aromatic N) is 1. The summed E-state index contributed by atoms with van der Waals surface area (Å²) in [6.07, 6.45) is 3.66. The Bertz CT molecular complexity index is 912. The van der Waals surface area contributed by atoms with Crippen molar-refractivity contribution in [3.05, 3.63) is 53.9 Å². The zero-order chi connectivity index (χ0) is 18.8. The highest BCUT2D eigenvalue weighted by atomic mass is 19.1. The van der Waals surface area contributed by atoms with Crippen molar-refractivity contribution < 1.29 is 22.7 Å². The highest BCUT2D eigenvalue weighted by molar-refractivity contribution is 5.74. The summed E-state index contributed by atoms with van der Waals surface area (Å²) in [5, 5.41) is 0. The van der Waals surface area contributed by atoms with E-state index in [9.17, 15) is 8.78 Å². The number of benzene rings is 2. The van der Waals surface area contributed by atoms with E-state index in [1.165, 1.54) is 18.2 Å². The average Bonchev–Trinajstić information content (AvgIpc) is 3.02. The van der Waals surface area contributed by atoms with Gasteiger partial charge in [-0.15, -0.1) is 0 Å². The molecule has 0 bridgehead atoms. The molecule has 1 aromatic heterocycles. The van der Waals surface area contributed by atoms with Crippen molar-refractivity contribution in [3.63, 3.8) is 0 Å². The number of aromatic nitrogens is 1. The van der Waals surface area contributed by atoms with E-state index in [1.54, 1.807) is 0 Å². The molecule has 142 valence electrons. The lowest BCUT2D eigenvalue weighted by atomic mass is 9.88. The molecule has 2 aromatic carbocycles. The third kappa shape index (κ3) is 4.04. The summed E-state index contributed by atoms with van der Waals surface area (Å²) in [4.78, 5) is 4.28. The minimum Gasteiger partial charge on any atom is -0.490 e. The van der Waals surface area contributed by atoms with Gasteiger partial charge in [-0.25, -0.2) is 13.8 Å². The van der Waals surface area contributed by atoms with Gasteiger partial charge in [-0.2, -0.15) is 0 Å². The van der Waals surface area contributed by atoms with Gasteiger partial charge in [-0.3, -0.25) is 0 Å². The topological polar surface area (TPSA) is 44.5 Å². The first-order chi connectivity index (χ1) is 13.1. The number of hydrogen-bond donors (Lipinski definition) is 0. The SMILES string of the molecule is Cc1nc2ccc(OC3CCC(COc4c(F)cccc4F)CC3)cc2o1. The number of ether oxygens (including phenoxy) is 2. The van der Waals surface area contributed by atoms with Crippen molar-refractivity contribution in [2.75, 3.05) is 6.61 Å². The van der Waals surface area contributed by atoms with E-state index in [0.717, 1.165) is 42.5 Å². The molecule has 4 nitrogen and oxygen atoms in total. The molecular weight excluding hydrogens is 352 g/mol. The minimum absolute atomic E-state index is 0.118. The lowest BCUT2D eigenvalue weighted by molar-refractivity contribution is 0.107. The van der Waals surface area contributed by atoms with Crippen LogP contribution in [0, 0.1) is 24.5 Å². The zero-order valence-electron chi connectivity index (χ0n) is 15.1. The molecule has 1 heterocycles. The van der Waals surface area contributed by atoms with Crippen LogP contribution in [-0.2, 0) is 0 Å².